The molecule has 7 heteroatoms. The van der Waals surface area contributed by atoms with E-state index < -0.39 is 5.97 Å². The monoisotopic (exact) mass is 222 g/mol. The molecule has 0 aliphatic carbocycles. The van der Waals surface area contributed by atoms with Crippen molar-refractivity contribution in [2.24, 2.45) is 0 Å². The number of hydrogen-bond donors (Lipinski definition) is 3. The molecular formula is C9H10N4O3. The molecule has 0 saturated heterocycles. The number of aldehydes is 1. The van der Waals surface area contributed by atoms with Crippen LogP contribution in [0.15, 0.2) is 24.9 Å². The van der Waals surface area contributed by atoms with E-state index in [1.807, 2.05) is 0 Å². The van der Waals surface area contributed by atoms with E-state index in [2.05, 4.69) is 19.9 Å². The van der Waals surface area contributed by atoms with Gasteiger partial charge in [0.2, 0.25) is 0 Å². The summed E-state index contributed by atoms with van der Waals surface area (Å²) < 4.78 is 0. The van der Waals surface area contributed by atoms with Crippen LogP contribution in [0.1, 0.15) is 16.3 Å². The Bertz CT molecular complexity index is 422. The van der Waals surface area contributed by atoms with Crippen LogP contribution in [-0.2, 0) is 11.2 Å². The zero-order valence-corrected chi connectivity index (χ0v) is 8.25. The van der Waals surface area contributed by atoms with Gasteiger partial charge in [-0.05, 0) is 0 Å². The van der Waals surface area contributed by atoms with Crippen molar-refractivity contribution < 1.29 is 14.7 Å². The summed E-state index contributed by atoms with van der Waals surface area (Å²) in [6, 6.07) is 0. The minimum Gasteiger partial charge on any atom is -0.481 e. The minimum absolute atomic E-state index is 0.0139. The molecule has 2 aromatic heterocycles. The van der Waals surface area contributed by atoms with Gasteiger partial charge in [-0.15, -0.1) is 0 Å². The summed E-state index contributed by atoms with van der Waals surface area (Å²) in [5.74, 6) is -0.473. The van der Waals surface area contributed by atoms with Crippen molar-refractivity contribution in [3.05, 3.63) is 36.4 Å². The molecule has 16 heavy (non-hydrogen) atoms. The van der Waals surface area contributed by atoms with Gasteiger partial charge in [-0.1, -0.05) is 0 Å². The lowest BCUT2D eigenvalue weighted by atomic mass is 10.3. The molecule has 0 unspecified atom stereocenters. The first-order valence-corrected chi connectivity index (χ1v) is 4.36. The fourth-order valence-electron chi connectivity index (χ4n) is 0.886. The van der Waals surface area contributed by atoms with Crippen molar-refractivity contribution in [3.8, 4) is 0 Å². The van der Waals surface area contributed by atoms with Crippen LogP contribution < -0.4 is 0 Å². The van der Waals surface area contributed by atoms with Crippen molar-refractivity contribution in [2.75, 3.05) is 0 Å². The zero-order chi connectivity index (χ0) is 11.8. The standard InChI is InChI=1S/C5H6N2O2.C4H4N2O/c8-5(9)1-4-2-6-3-7-4;7-3-4-5-1-2-6-4/h2-3H,1H2,(H,6,7)(H,8,9);1-3H,(H,5,6). The second kappa shape index (κ2) is 6.12. The van der Waals surface area contributed by atoms with Crippen molar-refractivity contribution in [3.63, 3.8) is 0 Å². The van der Waals surface area contributed by atoms with Gasteiger partial charge in [-0.25, -0.2) is 9.97 Å². The topological polar surface area (TPSA) is 112 Å². The van der Waals surface area contributed by atoms with Crippen LogP contribution >= 0.6 is 0 Å². The lowest BCUT2D eigenvalue weighted by Crippen LogP contribution is -1.99. The van der Waals surface area contributed by atoms with Crippen molar-refractivity contribution in [1.82, 2.24) is 19.9 Å². The van der Waals surface area contributed by atoms with E-state index in [1.165, 1.54) is 18.7 Å². The summed E-state index contributed by atoms with van der Waals surface area (Å²) >= 11 is 0. The van der Waals surface area contributed by atoms with E-state index >= 15 is 0 Å². The fourth-order valence-corrected chi connectivity index (χ4v) is 0.886. The Labute approximate surface area is 90.6 Å². The number of nitrogens with one attached hydrogen (secondary N) is 2. The lowest BCUT2D eigenvalue weighted by molar-refractivity contribution is -0.136. The van der Waals surface area contributed by atoms with Gasteiger partial charge in [0.1, 0.15) is 0 Å². The number of nitrogens with zero attached hydrogens (tertiary/aromatic N) is 2. The highest BCUT2D eigenvalue weighted by Gasteiger charge is 1.98. The number of aromatic amines is 2. The maximum Gasteiger partial charge on any atom is 0.309 e. The molecule has 0 bridgehead atoms. The first kappa shape index (κ1) is 11.6. The van der Waals surface area contributed by atoms with Crippen LogP contribution in [0.3, 0.4) is 0 Å². The van der Waals surface area contributed by atoms with Gasteiger partial charge in [-0.3, -0.25) is 9.59 Å². The second-order valence-electron chi connectivity index (χ2n) is 2.74. The summed E-state index contributed by atoms with van der Waals surface area (Å²) in [6.07, 6.45) is 6.76. The largest absolute Gasteiger partial charge is 0.481 e. The predicted molar refractivity (Wildman–Crippen MR) is 53.9 cm³/mol. The molecule has 7 nitrogen and oxygen atoms in total. The Hall–Kier alpha value is -2.44. The van der Waals surface area contributed by atoms with Gasteiger partial charge in [0, 0.05) is 24.3 Å². The van der Waals surface area contributed by atoms with Crippen LogP contribution in [-0.4, -0.2) is 37.3 Å². The number of H-pyrrole nitrogens is 2. The molecule has 0 atom stereocenters. The number of carboxylic acids is 1. The van der Waals surface area contributed by atoms with E-state index in [4.69, 9.17) is 5.11 Å². The summed E-state index contributed by atoms with van der Waals surface area (Å²) in [5.41, 5.74) is 0.627. The average molecular weight is 222 g/mol. The molecule has 0 spiro atoms. The van der Waals surface area contributed by atoms with E-state index in [0.29, 0.717) is 17.8 Å². The van der Waals surface area contributed by atoms with E-state index in [0.717, 1.165) is 0 Å². The van der Waals surface area contributed by atoms with Crippen molar-refractivity contribution >= 4 is 12.3 Å². The summed E-state index contributed by atoms with van der Waals surface area (Å²) in [7, 11) is 0. The quantitative estimate of drug-likeness (QED) is 0.645. The molecule has 2 heterocycles. The third kappa shape index (κ3) is 4.18. The van der Waals surface area contributed by atoms with E-state index in [-0.39, 0.29) is 6.42 Å². The Morgan fingerprint density at radius 3 is 2.69 bits per heavy atom. The van der Waals surface area contributed by atoms with Gasteiger partial charge in [0.15, 0.2) is 12.1 Å². The highest BCUT2D eigenvalue weighted by Crippen LogP contribution is 1.90. The molecule has 0 saturated carbocycles. The Balaban J connectivity index is 0.000000165. The Kier molecular flexibility index (Phi) is 4.45. The van der Waals surface area contributed by atoms with E-state index in [9.17, 15) is 9.59 Å². The molecule has 0 fully saturated rings. The number of carboxylic acid groups (broad SMARTS) is 1. The smallest absolute Gasteiger partial charge is 0.309 e. The van der Waals surface area contributed by atoms with Gasteiger partial charge in [0.05, 0.1) is 12.7 Å². The zero-order valence-electron chi connectivity index (χ0n) is 8.25. The van der Waals surface area contributed by atoms with Gasteiger partial charge < -0.3 is 15.1 Å². The van der Waals surface area contributed by atoms with Crippen LogP contribution in [0.25, 0.3) is 0 Å². The van der Waals surface area contributed by atoms with Crippen LogP contribution in [0.2, 0.25) is 0 Å². The summed E-state index contributed by atoms with van der Waals surface area (Å²) in [6.45, 7) is 0. The first-order chi connectivity index (χ1) is 7.72. The molecule has 2 rings (SSSR count). The number of aromatic nitrogens is 4. The summed E-state index contributed by atoms with van der Waals surface area (Å²) in [5, 5.41) is 8.24. The van der Waals surface area contributed by atoms with Crippen LogP contribution in [0, 0.1) is 0 Å². The third-order valence-electron chi connectivity index (χ3n) is 1.53. The number of aliphatic carboxylic acids is 1. The molecule has 3 N–H and O–H groups in total. The molecule has 0 aromatic carbocycles. The fraction of sp³-hybridized carbons (Fsp3) is 0.111. The molecule has 2 aromatic rings. The van der Waals surface area contributed by atoms with Gasteiger partial charge in [-0.2, -0.15) is 0 Å². The Morgan fingerprint density at radius 2 is 2.31 bits per heavy atom. The molecule has 0 aliphatic rings. The molecule has 84 valence electrons. The molecular weight excluding hydrogens is 212 g/mol. The van der Waals surface area contributed by atoms with E-state index in [1.54, 1.807) is 6.20 Å². The van der Waals surface area contributed by atoms with Crippen molar-refractivity contribution in [2.45, 2.75) is 6.42 Å². The predicted octanol–water partition coefficient (Wildman–Crippen LogP) is 0.259. The van der Waals surface area contributed by atoms with Gasteiger partial charge in [0.25, 0.3) is 0 Å². The normalized spacial score (nSPS) is 9.00. The number of carbonyl (C=O) groups is 2. The maximum absolute atomic E-state index is 10.0. The van der Waals surface area contributed by atoms with Crippen molar-refractivity contribution in [1.29, 1.82) is 0 Å². The first-order valence-electron chi connectivity index (χ1n) is 4.36. The molecule has 0 aliphatic heterocycles. The highest BCUT2D eigenvalue weighted by atomic mass is 16.4. The minimum atomic E-state index is -0.848. The Morgan fingerprint density at radius 1 is 1.50 bits per heavy atom. The maximum atomic E-state index is 10.0. The van der Waals surface area contributed by atoms with Gasteiger partial charge >= 0.3 is 5.97 Å². The lowest BCUT2D eigenvalue weighted by Gasteiger charge is -1.85. The average Bonchev–Trinajstić information content (AvgIpc) is 2.88. The number of imidazole rings is 2. The molecule has 0 amide bonds. The summed E-state index contributed by atoms with van der Waals surface area (Å²) in [4.78, 5) is 32.3. The number of carbonyl (C=O) groups excluding carboxylic acids is 1. The highest BCUT2D eigenvalue weighted by molar-refractivity contribution is 5.69. The SMILES string of the molecule is O=C(O)Cc1cnc[nH]1.O=Cc1ncc[nH]1. The molecule has 0 radical (unpaired) electrons. The number of hydrogen-bond acceptors (Lipinski definition) is 4. The van der Waals surface area contributed by atoms with Crippen LogP contribution in [0.5, 0.6) is 0 Å². The third-order valence-corrected chi connectivity index (χ3v) is 1.53. The second-order valence-corrected chi connectivity index (χ2v) is 2.74. The van der Waals surface area contributed by atoms with Crippen LogP contribution in [0.4, 0.5) is 0 Å². The number of rotatable bonds is 3.